The number of hydrogen-bond acceptors (Lipinski definition) is 3. The van der Waals surface area contributed by atoms with Gasteiger partial charge in [0.25, 0.3) is 11.8 Å². The lowest BCUT2D eigenvalue weighted by Gasteiger charge is -2.32. The molecule has 0 atom stereocenters. The molecule has 1 aliphatic heterocycles. The molecule has 1 heterocycles. The Kier molecular flexibility index (Phi) is 7.28. The molecule has 1 fully saturated rings. The highest BCUT2D eigenvalue weighted by Crippen LogP contribution is 2.16. The van der Waals surface area contributed by atoms with E-state index in [4.69, 9.17) is 0 Å². The van der Waals surface area contributed by atoms with Crippen molar-refractivity contribution in [3.63, 3.8) is 0 Å². The van der Waals surface area contributed by atoms with Crippen LogP contribution in [0.1, 0.15) is 53.0 Å². The summed E-state index contributed by atoms with van der Waals surface area (Å²) in [5.41, 5.74) is 2.86. The maximum atomic E-state index is 12.7. The zero-order valence-corrected chi connectivity index (χ0v) is 18.3. The molecule has 7 nitrogen and oxygen atoms in total. The third-order valence-electron chi connectivity index (χ3n) is 5.22. The van der Waals surface area contributed by atoms with E-state index in [0.29, 0.717) is 42.7 Å². The summed E-state index contributed by atoms with van der Waals surface area (Å²) in [6, 6.07) is 14.2. The Morgan fingerprint density at radius 2 is 1.65 bits per heavy atom. The second kappa shape index (κ2) is 10.1. The number of likely N-dealkylation sites (tertiary alicyclic amines) is 1. The van der Waals surface area contributed by atoms with Crippen molar-refractivity contribution < 1.29 is 14.4 Å². The van der Waals surface area contributed by atoms with E-state index in [1.165, 1.54) is 0 Å². The zero-order valence-electron chi connectivity index (χ0n) is 18.3. The van der Waals surface area contributed by atoms with Gasteiger partial charge >= 0.3 is 6.03 Å². The first-order valence-electron chi connectivity index (χ1n) is 10.7. The second-order valence-corrected chi connectivity index (χ2v) is 8.24. The van der Waals surface area contributed by atoms with Gasteiger partial charge in [0.15, 0.2) is 0 Å². The van der Waals surface area contributed by atoms with Gasteiger partial charge in [0.05, 0.1) is 0 Å². The molecule has 4 amide bonds. The lowest BCUT2D eigenvalue weighted by atomic mass is 10.0. The lowest BCUT2D eigenvalue weighted by molar-refractivity contribution is 0.0698. The predicted molar refractivity (Wildman–Crippen MR) is 121 cm³/mol. The number of nitrogens with zero attached hydrogens (tertiary/aromatic N) is 1. The molecule has 1 saturated heterocycles. The number of anilines is 1. The molecule has 0 bridgehead atoms. The van der Waals surface area contributed by atoms with Crippen LogP contribution in [0, 0.1) is 6.92 Å². The molecular formula is C24H30N4O3. The molecule has 3 rings (SSSR count). The van der Waals surface area contributed by atoms with Gasteiger partial charge in [-0.05, 0) is 63.9 Å². The van der Waals surface area contributed by atoms with Gasteiger partial charge in [0, 0.05) is 42.0 Å². The number of hydrogen-bond donors (Lipinski definition) is 3. The van der Waals surface area contributed by atoms with Gasteiger partial charge in [0.1, 0.15) is 0 Å². The van der Waals surface area contributed by atoms with Crippen molar-refractivity contribution >= 4 is 23.5 Å². The highest BCUT2D eigenvalue weighted by molar-refractivity contribution is 5.97. The lowest BCUT2D eigenvalue weighted by Crippen LogP contribution is -2.46. The van der Waals surface area contributed by atoms with E-state index < -0.39 is 0 Å². The van der Waals surface area contributed by atoms with Gasteiger partial charge in [-0.15, -0.1) is 0 Å². The first kappa shape index (κ1) is 22.3. The van der Waals surface area contributed by atoms with Crippen LogP contribution in [0.5, 0.6) is 0 Å². The molecule has 0 radical (unpaired) electrons. The Morgan fingerprint density at radius 1 is 0.968 bits per heavy atom. The third kappa shape index (κ3) is 6.31. The number of urea groups is 1. The Hall–Kier alpha value is -3.35. The van der Waals surface area contributed by atoms with Crippen molar-refractivity contribution in [1.82, 2.24) is 15.5 Å². The number of aryl methyl sites for hydroxylation is 1. The summed E-state index contributed by atoms with van der Waals surface area (Å²) in [5.74, 6) is -0.153. The molecule has 164 valence electrons. The first-order chi connectivity index (χ1) is 14.8. The van der Waals surface area contributed by atoms with E-state index in [9.17, 15) is 14.4 Å². The number of rotatable bonds is 5. The summed E-state index contributed by atoms with van der Waals surface area (Å²) in [5, 5.41) is 8.54. The van der Waals surface area contributed by atoms with Crippen molar-refractivity contribution in [3.05, 3.63) is 65.2 Å². The molecule has 2 aromatic rings. The number of piperidine rings is 1. The summed E-state index contributed by atoms with van der Waals surface area (Å²) in [6.07, 6.45) is 1.41. The van der Waals surface area contributed by atoms with Gasteiger partial charge < -0.3 is 20.9 Å². The van der Waals surface area contributed by atoms with Crippen LogP contribution in [0.3, 0.4) is 0 Å². The molecule has 7 heteroatoms. The third-order valence-corrected chi connectivity index (χ3v) is 5.22. The van der Waals surface area contributed by atoms with Crippen LogP contribution in [0.25, 0.3) is 0 Å². The van der Waals surface area contributed by atoms with Crippen LogP contribution in [-0.2, 0) is 0 Å². The summed E-state index contributed by atoms with van der Waals surface area (Å²) >= 11 is 0. The fourth-order valence-corrected chi connectivity index (χ4v) is 3.54. The summed E-state index contributed by atoms with van der Waals surface area (Å²) in [6.45, 7) is 6.96. The molecule has 0 spiro atoms. The fraction of sp³-hybridized carbons (Fsp3) is 0.375. The minimum absolute atomic E-state index is 0.00965. The maximum Gasteiger partial charge on any atom is 0.319 e. The molecule has 0 aliphatic carbocycles. The van der Waals surface area contributed by atoms with Gasteiger partial charge in [-0.2, -0.15) is 0 Å². The van der Waals surface area contributed by atoms with E-state index in [1.54, 1.807) is 24.3 Å². The van der Waals surface area contributed by atoms with Crippen molar-refractivity contribution in [3.8, 4) is 0 Å². The second-order valence-electron chi connectivity index (χ2n) is 8.24. The average Bonchev–Trinajstić information content (AvgIpc) is 2.74. The Labute approximate surface area is 183 Å². The Morgan fingerprint density at radius 3 is 2.29 bits per heavy atom. The van der Waals surface area contributed by atoms with Crippen molar-refractivity contribution in [2.45, 2.75) is 45.7 Å². The van der Waals surface area contributed by atoms with Crippen LogP contribution in [0.4, 0.5) is 10.5 Å². The number of nitrogens with one attached hydrogen (secondary N) is 3. The molecule has 2 aromatic carbocycles. The van der Waals surface area contributed by atoms with Crippen LogP contribution in [0.2, 0.25) is 0 Å². The van der Waals surface area contributed by atoms with Gasteiger partial charge in [-0.25, -0.2) is 4.79 Å². The zero-order chi connectivity index (χ0) is 22.4. The largest absolute Gasteiger partial charge is 0.349 e. The van der Waals surface area contributed by atoms with Crippen LogP contribution in [-0.4, -0.2) is 47.9 Å². The van der Waals surface area contributed by atoms with Gasteiger partial charge in [-0.3, -0.25) is 9.59 Å². The quantitative estimate of drug-likeness (QED) is 0.688. The number of carbonyl (C=O) groups is 3. The molecule has 31 heavy (non-hydrogen) atoms. The van der Waals surface area contributed by atoms with E-state index in [0.717, 1.165) is 5.56 Å². The van der Waals surface area contributed by atoms with Crippen LogP contribution in [0.15, 0.2) is 48.5 Å². The number of carbonyl (C=O) groups excluding carboxylic acids is 3. The standard InChI is InChI=1S/C24H30N4O3/c1-16(2)25-24(31)27-21-6-4-5-19(15-21)22(29)26-20-11-13-28(14-12-20)23(30)18-9-7-17(3)8-10-18/h4-10,15-16,20H,11-14H2,1-3H3,(H,26,29)(H2,25,27,31). The molecule has 3 N–H and O–H groups in total. The number of amides is 4. The van der Waals surface area contributed by atoms with E-state index in [2.05, 4.69) is 16.0 Å². The first-order valence-corrected chi connectivity index (χ1v) is 10.7. The van der Waals surface area contributed by atoms with Crippen LogP contribution >= 0.6 is 0 Å². The molecule has 0 aromatic heterocycles. The van der Waals surface area contributed by atoms with Crippen molar-refractivity contribution in [2.24, 2.45) is 0 Å². The summed E-state index contributed by atoms with van der Waals surface area (Å²) < 4.78 is 0. The van der Waals surface area contributed by atoms with E-state index >= 15 is 0 Å². The summed E-state index contributed by atoms with van der Waals surface area (Å²) in [7, 11) is 0. The SMILES string of the molecule is Cc1ccc(C(=O)N2CCC(NC(=O)c3cccc(NC(=O)NC(C)C)c3)CC2)cc1. The fourth-order valence-electron chi connectivity index (χ4n) is 3.54. The van der Waals surface area contributed by atoms with E-state index in [-0.39, 0.29) is 29.9 Å². The topological polar surface area (TPSA) is 90.5 Å². The number of benzene rings is 2. The van der Waals surface area contributed by atoms with Gasteiger partial charge in [-0.1, -0.05) is 23.8 Å². The van der Waals surface area contributed by atoms with Crippen molar-refractivity contribution in [2.75, 3.05) is 18.4 Å². The Balaban J connectivity index is 1.52. The summed E-state index contributed by atoms with van der Waals surface area (Å²) in [4.78, 5) is 39.0. The monoisotopic (exact) mass is 422 g/mol. The predicted octanol–water partition coefficient (Wildman–Crippen LogP) is 3.56. The minimum Gasteiger partial charge on any atom is -0.349 e. The molecule has 0 saturated carbocycles. The van der Waals surface area contributed by atoms with Crippen molar-refractivity contribution in [1.29, 1.82) is 0 Å². The highest BCUT2D eigenvalue weighted by atomic mass is 16.2. The average molecular weight is 423 g/mol. The van der Waals surface area contributed by atoms with Crippen LogP contribution < -0.4 is 16.0 Å². The minimum atomic E-state index is -0.307. The normalized spacial score (nSPS) is 14.3. The molecule has 1 aliphatic rings. The van der Waals surface area contributed by atoms with Gasteiger partial charge in [0.2, 0.25) is 0 Å². The smallest absolute Gasteiger partial charge is 0.319 e. The molecular weight excluding hydrogens is 392 g/mol. The maximum absolute atomic E-state index is 12.7. The Bertz CT molecular complexity index is 932. The van der Waals surface area contributed by atoms with E-state index in [1.807, 2.05) is 49.9 Å². The highest BCUT2D eigenvalue weighted by Gasteiger charge is 2.25. The molecule has 0 unspecified atom stereocenters.